The van der Waals surface area contributed by atoms with Crippen molar-refractivity contribution in [2.24, 2.45) is 5.92 Å². The minimum atomic E-state index is -0.682. The van der Waals surface area contributed by atoms with Crippen LogP contribution in [0.4, 0.5) is 13.2 Å². The molecule has 1 fully saturated rings. The van der Waals surface area contributed by atoms with Gasteiger partial charge in [-0.25, -0.2) is 13.2 Å². The van der Waals surface area contributed by atoms with E-state index in [4.69, 9.17) is 5.11 Å². The fourth-order valence-electron chi connectivity index (χ4n) is 3.79. The number of aromatic amines is 1. The van der Waals surface area contributed by atoms with Crippen molar-refractivity contribution >= 4 is 16.8 Å². The number of nitrogens with zero attached hydrogens (tertiary/aromatic N) is 1. The zero-order valence-electron chi connectivity index (χ0n) is 17.0. The Bertz CT molecular complexity index is 1030. The molecule has 4 rings (SSSR count). The second-order valence-corrected chi connectivity index (χ2v) is 7.14. The zero-order chi connectivity index (χ0) is 21.8. The Labute approximate surface area is 173 Å². The molecule has 0 unspecified atom stereocenters. The number of amides is 1. The van der Waals surface area contributed by atoms with Crippen molar-refractivity contribution in [3.05, 3.63) is 59.4 Å². The summed E-state index contributed by atoms with van der Waals surface area (Å²) in [5.41, 5.74) is 2.27. The molecule has 2 heterocycles. The van der Waals surface area contributed by atoms with Crippen LogP contribution >= 0.6 is 0 Å². The lowest BCUT2D eigenvalue weighted by Gasteiger charge is -2.39. The maximum absolute atomic E-state index is 14.3. The standard InChI is InChI=1S/C21H19F3N2O2.C2H6/c22-14-3-1-13(2-4-14)20-16(7-12-10-26(11-12)19(28)5-6-27)17-8-15(23)9-18(24)21(17)25-20;1-2/h1-4,8-9,12,25,27H,5-7,10-11H2;1-2H3. The van der Waals surface area contributed by atoms with Gasteiger partial charge in [0.15, 0.2) is 0 Å². The Morgan fingerprint density at radius 3 is 2.40 bits per heavy atom. The number of fused-ring (bicyclic) bond motifs is 1. The van der Waals surface area contributed by atoms with E-state index in [9.17, 15) is 18.0 Å². The molecule has 3 aromatic rings. The van der Waals surface area contributed by atoms with Crippen molar-refractivity contribution in [2.45, 2.75) is 26.7 Å². The van der Waals surface area contributed by atoms with Crippen LogP contribution in [0.2, 0.25) is 0 Å². The highest BCUT2D eigenvalue weighted by atomic mass is 19.1. The monoisotopic (exact) mass is 418 g/mol. The van der Waals surface area contributed by atoms with E-state index in [1.165, 1.54) is 18.2 Å². The number of aliphatic hydroxyl groups excluding tert-OH is 1. The summed E-state index contributed by atoms with van der Waals surface area (Å²) < 4.78 is 41.5. The van der Waals surface area contributed by atoms with Crippen LogP contribution < -0.4 is 0 Å². The van der Waals surface area contributed by atoms with Crippen LogP contribution in [0.25, 0.3) is 22.2 Å². The third-order valence-electron chi connectivity index (χ3n) is 5.19. The van der Waals surface area contributed by atoms with Crippen LogP contribution in [0.1, 0.15) is 25.8 Å². The first-order valence-electron chi connectivity index (χ1n) is 10.1. The Morgan fingerprint density at radius 2 is 1.77 bits per heavy atom. The number of hydrogen-bond acceptors (Lipinski definition) is 2. The minimum absolute atomic E-state index is 0.0943. The lowest BCUT2D eigenvalue weighted by Crippen LogP contribution is -2.50. The van der Waals surface area contributed by atoms with E-state index in [0.29, 0.717) is 36.2 Å². The summed E-state index contributed by atoms with van der Waals surface area (Å²) in [6.07, 6.45) is 0.621. The van der Waals surface area contributed by atoms with Crippen LogP contribution in [-0.4, -0.2) is 40.6 Å². The molecular formula is C23H25F3N2O2. The van der Waals surface area contributed by atoms with E-state index in [-0.39, 0.29) is 36.2 Å². The molecular weight excluding hydrogens is 393 g/mol. The molecule has 0 bridgehead atoms. The van der Waals surface area contributed by atoms with E-state index < -0.39 is 11.6 Å². The maximum atomic E-state index is 14.3. The summed E-state index contributed by atoms with van der Waals surface area (Å²) in [4.78, 5) is 16.5. The largest absolute Gasteiger partial charge is 0.396 e. The molecule has 0 aliphatic carbocycles. The third-order valence-corrected chi connectivity index (χ3v) is 5.19. The van der Waals surface area contributed by atoms with Gasteiger partial charge in [-0.05, 0) is 53.8 Å². The number of hydrogen-bond donors (Lipinski definition) is 2. The number of aliphatic hydroxyl groups is 1. The summed E-state index contributed by atoms with van der Waals surface area (Å²) in [5, 5.41) is 9.34. The summed E-state index contributed by atoms with van der Waals surface area (Å²) >= 11 is 0. The van der Waals surface area contributed by atoms with Crippen LogP contribution in [0.15, 0.2) is 36.4 Å². The number of carbonyl (C=O) groups is 1. The summed E-state index contributed by atoms with van der Waals surface area (Å²) in [6.45, 7) is 4.88. The normalized spacial score (nSPS) is 13.7. The molecule has 4 nitrogen and oxygen atoms in total. The highest BCUT2D eigenvalue weighted by Gasteiger charge is 2.32. The zero-order valence-corrected chi connectivity index (χ0v) is 17.0. The lowest BCUT2D eigenvalue weighted by atomic mass is 9.89. The number of H-pyrrole nitrogens is 1. The molecule has 1 amide bonds. The topological polar surface area (TPSA) is 56.3 Å². The molecule has 0 spiro atoms. The maximum Gasteiger partial charge on any atom is 0.224 e. The second-order valence-electron chi connectivity index (χ2n) is 7.14. The van der Waals surface area contributed by atoms with E-state index in [1.807, 2.05) is 13.8 Å². The molecule has 1 saturated heterocycles. The molecule has 0 saturated carbocycles. The van der Waals surface area contributed by atoms with E-state index >= 15 is 0 Å². The molecule has 30 heavy (non-hydrogen) atoms. The first kappa shape index (κ1) is 21.9. The number of aromatic nitrogens is 1. The molecule has 1 aromatic heterocycles. The van der Waals surface area contributed by atoms with Crippen molar-refractivity contribution in [2.75, 3.05) is 19.7 Å². The number of likely N-dealkylation sites (tertiary alicyclic amines) is 1. The smallest absolute Gasteiger partial charge is 0.224 e. The van der Waals surface area contributed by atoms with E-state index in [2.05, 4.69) is 4.98 Å². The van der Waals surface area contributed by atoms with Crippen LogP contribution in [0.3, 0.4) is 0 Å². The first-order chi connectivity index (χ1) is 14.5. The lowest BCUT2D eigenvalue weighted by molar-refractivity contribution is -0.138. The fraction of sp³-hybridized carbons (Fsp3) is 0.348. The van der Waals surface area contributed by atoms with Gasteiger partial charge in [0.05, 0.1) is 12.1 Å². The molecule has 1 aliphatic heterocycles. The number of carbonyl (C=O) groups excluding carboxylic acids is 1. The van der Waals surface area contributed by atoms with Gasteiger partial charge in [-0.2, -0.15) is 0 Å². The summed E-state index contributed by atoms with van der Waals surface area (Å²) in [7, 11) is 0. The highest BCUT2D eigenvalue weighted by molar-refractivity contribution is 5.91. The molecule has 2 N–H and O–H groups in total. The Hall–Kier alpha value is -2.80. The van der Waals surface area contributed by atoms with Crippen LogP contribution in [-0.2, 0) is 11.2 Å². The SMILES string of the molecule is CC.O=C(CCO)N1CC(Cc2c(-c3ccc(F)cc3)[nH]c3c(F)cc(F)cc23)C1. The predicted molar refractivity (Wildman–Crippen MR) is 110 cm³/mol. The Kier molecular flexibility index (Phi) is 6.82. The van der Waals surface area contributed by atoms with Gasteiger partial charge < -0.3 is 15.0 Å². The van der Waals surface area contributed by atoms with Crippen molar-refractivity contribution in [1.29, 1.82) is 0 Å². The molecule has 2 aromatic carbocycles. The molecule has 0 atom stereocenters. The predicted octanol–water partition coefficient (Wildman–Crippen LogP) is 4.66. The van der Waals surface area contributed by atoms with Gasteiger partial charge in [-0.1, -0.05) is 13.8 Å². The molecule has 1 aliphatic rings. The quantitative estimate of drug-likeness (QED) is 0.633. The van der Waals surface area contributed by atoms with Gasteiger partial charge in [0.2, 0.25) is 5.91 Å². The average molecular weight is 418 g/mol. The second kappa shape index (κ2) is 9.34. The van der Waals surface area contributed by atoms with Crippen LogP contribution in [0, 0.1) is 23.4 Å². The van der Waals surface area contributed by atoms with Crippen LogP contribution in [0.5, 0.6) is 0 Å². The van der Waals surface area contributed by atoms with Gasteiger partial charge >= 0.3 is 0 Å². The number of rotatable bonds is 5. The van der Waals surface area contributed by atoms with Crippen molar-refractivity contribution in [3.8, 4) is 11.3 Å². The first-order valence-corrected chi connectivity index (χ1v) is 10.1. The van der Waals surface area contributed by atoms with Crippen molar-refractivity contribution in [3.63, 3.8) is 0 Å². The molecule has 160 valence electrons. The number of nitrogens with one attached hydrogen (secondary N) is 1. The minimum Gasteiger partial charge on any atom is -0.396 e. The van der Waals surface area contributed by atoms with Gasteiger partial charge in [-0.15, -0.1) is 0 Å². The Balaban J connectivity index is 0.00000124. The number of benzene rings is 2. The Morgan fingerprint density at radius 1 is 1.10 bits per heavy atom. The van der Waals surface area contributed by atoms with E-state index in [1.54, 1.807) is 17.0 Å². The molecule has 0 radical (unpaired) electrons. The van der Waals surface area contributed by atoms with Crippen molar-refractivity contribution in [1.82, 2.24) is 9.88 Å². The third kappa shape index (κ3) is 4.36. The van der Waals surface area contributed by atoms with Gasteiger partial charge in [-0.3, -0.25) is 4.79 Å². The van der Waals surface area contributed by atoms with Crippen molar-refractivity contribution < 1.29 is 23.1 Å². The highest BCUT2D eigenvalue weighted by Crippen LogP contribution is 2.35. The van der Waals surface area contributed by atoms with E-state index in [0.717, 1.165) is 11.6 Å². The molecule has 7 heteroatoms. The summed E-state index contributed by atoms with van der Waals surface area (Å²) in [6, 6.07) is 7.95. The number of halogens is 3. The summed E-state index contributed by atoms with van der Waals surface area (Å²) in [5.74, 6) is -1.68. The average Bonchev–Trinajstić information content (AvgIpc) is 3.05. The van der Waals surface area contributed by atoms with Gasteiger partial charge in [0.1, 0.15) is 17.5 Å². The fourth-order valence-corrected chi connectivity index (χ4v) is 3.79. The van der Waals surface area contributed by atoms with Gasteiger partial charge in [0, 0.05) is 36.7 Å². The van der Waals surface area contributed by atoms with Gasteiger partial charge in [0.25, 0.3) is 0 Å².